The molecule has 28 heavy (non-hydrogen) atoms. The summed E-state index contributed by atoms with van der Waals surface area (Å²) in [6, 6.07) is 20.9. The van der Waals surface area contributed by atoms with Crippen LogP contribution in [0.3, 0.4) is 0 Å². The first-order valence-corrected chi connectivity index (χ1v) is 9.80. The highest BCUT2D eigenvalue weighted by molar-refractivity contribution is 7.80. The lowest BCUT2D eigenvalue weighted by molar-refractivity contribution is 0.306. The van der Waals surface area contributed by atoms with Gasteiger partial charge in [-0.3, -0.25) is 0 Å². The summed E-state index contributed by atoms with van der Waals surface area (Å²) in [6.45, 7) is 0.949. The summed E-state index contributed by atoms with van der Waals surface area (Å²) in [4.78, 5) is 0.677. The van der Waals surface area contributed by atoms with Crippen molar-refractivity contribution in [2.75, 3.05) is 7.11 Å². The Hall–Kier alpha value is -2.27. The minimum absolute atomic E-state index is 0.304. The van der Waals surface area contributed by atoms with E-state index in [1.807, 2.05) is 54.6 Å². The Morgan fingerprint density at radius 2 is 1.50 bits per heavy atom. The SMILES string of the molecule is COc1ccc(CNC(=S)c2ccc(OCc3c(Cl)cccc3Cl)cc2)cc1. The van der Waals surface area contributed by atoms with Gasteiger partial charge in [0, 0.05) is 27.7 Å². The van der Waals surface area contributed by atoms with Crippen molar-refractivity contribution in [2.24, 2.45) is 0 Å². The molecule has 1 N–H and O–H groups in total. The predicted molar refractivity (Wildman–Crippen MR) is 119 cm³/mol. The van der Waals surface area contributed by atoms with E-state index in [1.165, 1.54) is 0 Å². The van der Waals surface area contributed by atoms with Crippen molar-refractivity contribution < 1.29 is 9.47 Å². The van der Waals surface area contributed by atoms with Gasteiger partial charge in [-0.2, -0.15) is 0 Å². The van der Waals surface area contributed by atoms with Gasteiger partial charge < -0.3 is 14.8 Å². The van der Waals surface area contributed by atoms with E-state index >= 15 is 0 Å². The number of rotatable bonds is 7. The highest BCUT2D eigenvalue weighted by atomic mass is 35.5. The van der Waals surface area contributed by atoms with Crippen molar-refractivity contribution >= 4 is 40.4 Å². The molecule has 0 saturated heterocycles. The summed E-state index contributed by atoms with van der Waals surface area (Å²) in [5.41, 5.74) is 2.82. The molecule has 0 radical (unpaired) electrons. The number of halogens is 2. The molecule has 0 unspecified atom stereocenters. The van der Waals surface area contributed by atoms with Gasteiger partial charge in [0.2, 0.25) is 0 Å². The summed E-state index contributed by atoms with van der Waals surface area (Å²) >= 11 is 17.8. The second kappa shape index (κ2) is 9.78. The lowest BCUT2D eigenvalue weighted by Crippen LogP contribution is -2.21. The van der Waals surface area contributed by atoms with Crippen molar-refractivity contribution in [1.29, 1.82) is 0 Å². The zero-order chi connectivity index (χ0) is 19.9. The third-order valence-corrected chi connectivity index (χ3v) is 5.26. The van der Waals surface area contributed by atoms with Crippen LogP contribution in [-0.4, -0.2) is 12.1 Å². The molecular formula is C22H19Cl2NO2S. The maximum atomic E-state index is 6.17. The van der Waals surface area contributed by atoms with E-state index in [9.17, 15) is 0 Å². The minimum atomic E-state index is 0.304. The van der Waals surface area contributed by atoms with Gasteiger partial charge in [-0.15, -0.1) is 0 Å². The van der Waals surface area contributed by atoms with E-state index in [0.29, 0.717) is 28.2 Å². The summed E-state index contributed by atoms with van der Waals surface area (Å²) in [7, 11) is 1.65. The maximum Gasteiger partial charge on any atom is 0.119 e. The van der Waals surface area contributed by atoms with E-state index in [0.717, 1.165) is 28.2 Å². The lowest BCUT2D eigenvalue weighted by Gasteiger charge is -2.11. The average molecular weight is 432 g/mol. The highest BCUT2D eigenvalue weighted by Gasteiger charge is 2.07. The van der Waals surface area contributed by atoms with Crippen molar-refractivity contribution in [3.63, 3.8) is 0 Å². The van der Waals surface area contributed by atoms with Crippen LogP contribution >= 0.6 is 35.4 Å². The number of nitrogens with one attached hydrogen (secondary N) is 1. The van der Waals surface area contributed by atoms with Gasteiger partial charge in [-0.25, -0.2) is 0 Å². The van der Waals surface area contributed by atoms with Gasteiger partial charge in [-0.05, 0) is 54.1 Å². The summed E-state index contributed by atoms with van der Waals surface area (Å²) in [6.07, 6.45) is 0. The number of thiocarbonyl (C=S) groups is 1. The van der Waals surface area contributed by atoms with Gasteiger partial charge in [0.1, 0.15) is 23.1 Å². The molecule has 0 aromatic heterocycles. The third-order valence-electron chi connectivity index (χ3n) is 4.17. The molecule has 0 aliphatic heterocycles. The van der Waals surface area contributed by atoms with Crippen LogP contribution in [-0.2, 0) is 13.2 Å². The quantitative estimate of drug-likeness (QED) is 0.461. The van der Waals surface area contributed by atoms with Gasteiger partial charge in [-0.1, -0.05) is 53.6 Å². The Morgan fingerprint density at radius 3 is 2.11 bits per heavy atom. The van der Waals surface area contributed by atoms with Crippen molar-refractivity contribution in [2.45, 2.75) is 13.2 Å². The molecule has 0 heterocycles. The third kappa shape index (κ3) is 5.38. The fraction of sp³-hybridized carbons (Fsp3) is 0.136. The fourth-order valence-corrected chi connectivity index (χ4v) is 3.27. The first-order chi connectivity index (χ1) is 13.6. The first kappa shape index (κ1) is 20.5. The van der Waals surface area contributed by atoms with E-state index < -0.39 is 0 Å². The molecule has 3 aromatic rings. The average Bonchev–Trinajstić information content (AvgIpc) is 2.72. The zero-order valence-electron chi connectivity index (χ0n) is 15.2. The zero-order valence-corrected chi connectivity index (χ0v) is 17.6. The molecule has 3 rings (SSSR count). The highest BCUT2D eigenvalue weighted by Crippen LogP contribution is 2.26. The van der Waals surface area contributed by atoms with Crippen LogP contribution in [0.1, 0.15) is 16.7 Å². The first-order valence-electron chi connectivity index (χ1n) is 8.63. The topological polar surface area (TPSA) is 30.5 Å². The second-order valence-electron chi connectivity index (χ2n) is 6.04. The standard InChI is InChI=1S/C22H19Cl2NO2S/c1-26-17-9-5-15(6-10-17)13-25-22(28)16-7-11-18(12-8-16)27-14-19-20(23)3-2-4-21(19)24/h2-12H,13-14H2,1H3,(H,25,28). The molecule has 3 nitrogen and oxygen atoms in total. The summed E-state index contributed by atoms with van der Waals surface area (Å²) < 4.78 is 11.0. The number of methoxy groups -OCH3 is 1. The molecule has 0 atom stereocenters. The summed E-state index contributed by atoms with van der Waals surface area (Å²) in [5.74, 6) is 1.55. The number of ether oxygens (including phenoxy) is 2. The predicted octanol–water partition coefficient (Wildman–Crippen LogP) is 6.05. The van der Waals surface area contributed by atoms with Crippen LogP contribution in [0.2, 0.25) is 10.0 Å². The molecule has 144 valence electrons. The van der Waals surface area contributed by atoms with E-state index in [1.54, 1.807) is 19.2 Å². The van der Waals surface area contributed by atoms with Gasteiger partial charge in [0.25, 0.3) is 0 Å². The lowest BCUT2D eigenvalue weighted by atomic mass is 10.2. The largest absolute Gasteiger partial charge is 0.497 e. The van der Waals surface area contributed by atoms with Crippen LogP contribution in [0.5, 0.6) is 11.5 Å². The van der Waals surface area contributed by atoms with Crippen molar-refractivity contribution in [1.82, 2.24) is 5.32 Å². The Kier molecular flexibility index (Phi) is 7.15. The van der Waals surface area contributed by atoms with Gasteiger partial charge in [0.15, 0.2) is 0 Å². The molecule has 0 fully saturated rings. The maximum absolute atomic E-state index is 6.17. The van der Waals surface area contributed by atoms with Crippen LogP contribution in [0.25, 0.3) is 0 Å². The van der Waals surface area contributed by atoms with E-state index in [4.69, 9.17) is 44.9 Å². The summed E-state index contributed by atoms with van der Waals surface area (Å²) in [5, 5.41) is 4.44. The Labute approximate surface area is 180 Å². The monoisotopic (exact) mass is 431 g/mol. The molecule has 0 aliphatic carbocycles. The Bertz CT molecular complexity index is 924. The molecule has 3 aromatic carbocycles. The molecular weight excluding hydrogens is 413 g/mol. The van der Waals surface area contributed by atoms with Crippen LogP contribution in [0.4, 0.5) is 0 Å². The molecule has 6 heteroatoms. The van der Waals surface area contributed by atoms with Gasteiger partial charge >= 0.3 is 0 Å². The van der Waals surface area contributed by atoms with Crippen molar-refractivity contribution in [3.8, 4) is 11.5 Å². The minimum Gasteiger partial charge on any atom is -0.497 e. The van der Waals surface area contributed by atoms with Crippen LogP contribution in [0.15, 0.2) is 66.7 Å². The molecule has 0 aliphatic rings. The normalized spacial score (nSPS) is 10.4. The number of hydrogen-bond acceptors (Lipinski definition) is 3. The fourth-order valence-electron chi connectivity index (χ4n) is 2.56. The Morgan fingerprint density at radius 1 is 0.893 bits per heavy atom. The van der Waals surface area contributed by atoms with Gasteiger partial charge in [0.05, 0.1) is 7.11 Å². The second-order valence-corrected chi connectivity index (χ2v) is 7.27. The van der Waals surface area contributed by atoms with Crippen LogP contribution in [0, 0.1) is 0 Å². The molecule has 0 spiro atoms. The van der Waals surface area contributed by atoms with Crippen molar-refractivity contribution in [3.05, 3.63) is 93.5 Å². The number of benzene rings is 3. The smallest absolute Gasteiger partial charge is 0.119 e. The molecule has 0 bridgehead atoms. The molecule has 0 saturated carbocycles. The molecule has 0 amide bonds. The number of hydrogen-bond donors (Lipinski definition) is 1. The van der Waals surface area contributed by atoms with E-state index in [-0.39, 0.29) is 0 Å². The Balaban J connectivity index is 1.55. The van der Waals surface area contributed by atoms with E-state index in [2.05, 4.69) is 5.32 Å². The van der Waals surface area contributed by atoms with Crippen LogP contribution < -0.4 is 14.8 Å².